The van der Waals surface area contributed by atoms with Gasteiger partial charge in [0.25, 0.3) is 0 Å². The molecule has 3 N–H and O–H groups in total. The van der Waals surface area contributed by atoms with Crippen molar-refractivity contribution in [3.05, 3.63) is 59.9 Å². The van der Waals surface area contributed by atoms with Gasteiger partial charge in [-0.25, -0.2) is 4.39 Å². The maximum absolute atomic E-state index is 12.9. The topological polar surface area (TPSA) is 53.1 Å². The lowest BCUT2D eigenvalue weighted by Gasteiger charge is -2.22. The van der Waals surface area contributed by atoms with Crippen LogP contribution in [0.2, 0.25) is 0 Å². The van der Waals surface area contributed by atoms with Crippen molar-refractivity contribution < 1.29 is 4.39 Å². The summed E-state index contributed by atoms with van der Waals surface area (Å²) in [6.07, 6.45) is 0. The van der Waals surface area contributed by atoms with E-state index in [0.29, 0.717) is 5.56 Å². The van der Waals surface area contributed by atoms with Gasteiger partial charge >= 0.3 is 0 Å². The highest BCUT2D eigenvalue weighted by Gasteiger charge is 2.10. The number of nitrogens with zero attached hydrogens (tertiary/aromatic N) is 1. The average Bonchev–Trinajstić information content (AvgIpc) is 2.39. The molecule has 92 valence electrons. The van der Waals surface area contributed by atoms with Gasteiger partial charge in [0.1, 0.15) is 11.7 Å². The van der Waals surface area contributed by atoms with Crippen LogP contribution in [0.4, 0.5) is 15.8 Å². The third kappa shape index (κ3) is 2.32. The third-order valence-electron chi connectivity index (χ3n) is 2.77. The monoisotopic (exact) mass is 243 g/mol. The van der Waals surface area contributed by atoms with Crippen LogP contribution >= 0.6 is 0 Å². The van der Waals surface area contributed by atoms with Crippen LogP contribution < -0.4 is 10.6 Å². The number of hydrogen-bond donors (Lipinski definition) is 2. The average molecular weight is 243 g/mol. The van der Waals surface area contributed by atoms with Crippen LogP contribution in [0.15, 0.2) is 48.5 Å². The van der Waals surface area contributed by atoms with Crippen LogP contribution in [0, 0.1) is 11.2 Å². The summed E-state index contributed by atoms with van der Waals surface area (Å²) >= 11 is 0. The number of nitrogens with two attached hydrogens (primary N) is 1. The van der Waals surface area contributed by atoms with E-state index in [1.54, 1.807) is 18.2 Å². The summed E-state index contributed by atoms with van der Waals surface area (Å²) in [5.74, 6) is -0.258. The Kier molecular flexibility index (Phi) is 3.28. The molecule has 0 aliphatic carbocycles. The lowest BCUT2D eigenvalue weighted by Crippen LogP contribution is -2.18. The number of nitrogen functional groups attached to an aromatic ring is 1. The third-order valence-corrected chi connectivity index (χ3v) is 2.77. The van der Waals surface area contributed by atoms with Gasteiger partial charge in [0.2, 0.25) is 0 Å². The largest absolute Gasteiger partial charge is 0.384 e. The maximum atomic E-state index is 12.9. The van der Waals surface area contributed by atoms with E-state index >= 15 is 0 Å². The number of amidine groups is 1. The van der Waals surface area contributed by atoms with Crippen LogP contribution in [-0.2, 0) is 0 Å². The van der Waals surface area contributed by atoms with Crippen LogP contribution in [0.5, 0.6) is 0 Å². The smallest absolute Gasteiger partial charge is 0.124 e. The maximum Gasteiger partial charge on any atom is 0.124 e. The second kappa shape index (κ2) is 4.87. The predicted molar refractivity (Wildman–Crippen MR) is 71.9 cm³/mol. The molecule has 0 amide bonds. The standard InChI is InChI=1S/C14H14FN3/c1-18(11-8-6-10(15)7-9-11)13-5-3-2-4-12(13)14(16)17/h2-9H,1H3,(H3,16,17). The Hall–Kier alpha value is -2.36. The number of anilines is 2. The number of rotatable bonds is 3. The zero-order valence-electron chi connectivity index (χ0n) is 10.0. The van der Waals surface area contributed by atoms with Crippen molar-refractivity contribution in [2.45, 2.75) is 0 Å². The molecule has 2 aromatic rings. The Bertz CT molecular complexity index is 564. The molecule has 0 aliphatic heterocycles. The molecule has 0 atom stereocenters. The molecule has 0 saturated carbocycles. The summed E-state index contributed by atoms with van der Waals surface area (Å²) in [6.45, 7) is 0. The molecule has 0 radical (unpaired) electrons. The normalized spacial score (nSPS) is 10.1. The Balaban J connectivity index is 2.42. The minimum Gasteiger partial charge on any atom is -0.384 e. The summed E-state index contributed by atoms with van der Waals surface area (Å²) in [6, 6.07) is 13.6. The van der Waals surface area contributed by atoms with Crippen LogP contribution in [0.3, 0.4) is 0 Å². The van der Waals surface area contributed by atoms with Crippen molar-refractivity contribution in [1.82, 2.24) is 0 Å². The minimum absolute atomic E-state index is 0.0135. The predicted octanol–water partition coefficient (Wildman–Crippen LogP) is 2.88. The molecule has 0 heterocycles. The lowest BCUT2D eigenvalue weighted by molar-refractivity contribution is 0.628. The SMILES string of the molecule is CN(c1ccc(F)cc1)c1ccccc1C(=N)N. The number of nitrogens with one attached hydrogen (secondary N) is 1. The van der Waals surface area contributed by atoms with Gasteiger partial charge in [-0.15, -0.1) is 0 Å². The summed E-state index contributed by atoms with van der Waals surface area (Å²) in [5.41, 5.74) is 7.86. The molecule has 3 nitrogen and oxygen atoms in total. The fourth-order valence-corrected chi connectivity index (χ4v) is 1.80. The van der Waals surface area contributed by atoms with Crippen LogP contribution in [0.1, 0.15) is 5.56 Å². The van der Waals surface area contributed by atoms with Crippen molar-refractivity contribution in [1.29, 1.82) is 5.41 Å². The van der Waals surface area contributed by atoms with Crippen molar-refractivity contribution >= 4 is 17.2 Å². The highest BCUT2D eigenvalue weighted by molar-refractivity contribution is 6.01. The number of hydrogen-bond acceptors (Lipinski definition) is 2. The molecule has 0 fully saturated rings. The molecule has 0 bridgehead atoms. The first-order chi connectivity index (χ1) is 8.59. The molecular formula is C14H14FN3. The molecule has 0 aliphatic rings. The summed E-state index contributed by atoms with van der Waals surface area (Å²) in [5, 5.41) is 7.56. The molecule has 2 aromatic carbocycles. The van der Waals surface area contributed by atoms with E-state index in [9.17, 15) is 4.39 Å². The molecule has 0 unspecified atom stereocenters. The van der Waals surface area contributed by atoms with Gasteiger partial charge in [0.15, 0.2) is 0 Å². The Morgan fingerprint density at radius 3 is 2.33 bits per heavy atom. The summed E-state index contributed by atoms with van der Waals surface area (Å²) < 4.78 is 12.9. The van der Waals surface area contributed by atoms with Gasteiger partial charge in [-0.05, 0) is 36.4 Å². The minimum atomic E-state index is -0.271. The molecule has 0 spiro atoms. The first-order valence-corrected chi connectivity index (χ1v) is 5.52. The first-order valence-electron chi connectivity index (χ1n) is 5.52. The number of halogens is 1. The molecule has 18 heavy (non-hydrogen) atoms. The summed E-state index contributed by atoms with van der Waals surface area (Å²) in [4.78, 5) is 1.87. The molecule has 0 aromatic heterocycles. The quantitative estimate of drug-likeness (QED) is 0.643. The lowest BCUT2D eigenvalue weighted by atomic mass is 10.1. The van der Waals surface area contributed by atoms with Crippen molar-refractivity contribution in [3.8, 4) is 0 Å². The Morgan fingerprint density at radius 2 is 1.72 bits per heavy atom. The van der Waals surface area contributed by atoms with Crippen molar-refractivity contribution in [2.75, 3.05) is 11.9 Å². The molecule has 2 rings (SSSR count). The van der Waals surface area contributed by atoms with E-state index in [-0.39, 0.29) is 11.7 Å². The highest BCUT2D eigenvalue weighted by Crippen LogP contribution is 2.26. The highest BCUT2D eigenvalue weighted by atomic mass is 19.1. The fraction of sp³-hybridized carbons (Fsp3) is 0.0714. The first kappa shape index (κ1) is 12.1. The second-order valence-corrected chi connectivity index (χ2v) is 3.97. The van der Waals surface area contributed by atoms with Gasteiger partial charge in [-0.2, -0.15) is 0 Å². The second-order valence-electron chi connectivity index (χ2n) is 3.97. The van der Waals surface area contributed by atoms with Gasteiger partial charge in [-0.1, -0.05) is 12.1 Å². The Labute approximate surface area is 105 Å². The van der Waals surface area contributed by atoms with Gasteiger partial charge in [-0.3, -0.25) is 5.41 Å². The van der Waals surface area contributed by atoms with Crippen molar-refractivity contribution in [2.24, 2.45) is 5.73 Å². The van der Waals surface area contributed by atoms with E-state index in [1.165, 1.54) is 12.1 Å². The van der Waals surface area contributed by atoms with Gasteiger partial charge in [0.05, 0.1) is 5.69 Å². The van der Waals surface area contributed by atoms with E-state index in [4.69, 9.17) is 11.1 Å². The zero-order valence-corrected chi connectivity index (χ0v) is 10.0. The summed E-state index contributed by atoms with van der Waals surface area (Å²) in [7, 11) is 1.86. The van der Waals surface area contributed by atoms with Gasteiger partial charge < -0.3 is 10.6 Å². The van der Waals surface area contributed by atoms with Crippen molar-refractivity contribution in [3.63, 3.8) is 0 Å². The van der Waals surface area contributed by atoms with E-state index < -0.39 is 0 Å². The van der Waals surface area contributed by atoms with Crippen LogP contribution in [-0.4, -0.2) is 12.9 Å². The zero-order chi connectivity index (χ0) is 13.1. The molecule has 4 heteroatoms. The van der Waals surface area contributed by atoms with E-state index in [0.717, 1.165) is 11.4 Å². The van der Waals surface area contributed by atoms with E-state index in [2.05, 4.69) is 0 Å². The molecule has 0 saturated heterocycles. The fourth-order valence-electron chi connectivity index (χ4n) is 1.80. The van der Waals surface area contributed by atoms with E-state index in [1.807, 2.05) is 30.1 Å². The Morgan fingerprint density at radius 1 is 1.11 bits per heavy atom. The van der Waals surface area contributed by atoms with Crippen LogP contribution in [0.25, 0.3) is 0 Å². The number of para-hydroxylation sites is 1. The molecular weight excluding hydrogens is 229 g/mol. The van der Waals surface area contributed by atoms with Gasteiger partial charge in [0, 0.05) is 18.3 Å². The number of benzene rings is 2.